The number of hydrogen-bond donors (Lipinski definition) is 1. The van der Waals surface area contributed by atoms with Crippen LogP contribution in [0.15, 0.2) is 0 Å². The first-order chi connectivity index (χ1) is 6.90. The molecule has 0 radical (unpaired) electrons. The van der Waals surface area contributed by atoms with E-state index in [0.717, 1.165) is 0 Å². The average Bonchev–Trinajstić information content (AvgIpc) is 2.22. The summed E-state index contributed by atoms with van der Waals surface area (Å²) in [5.41, 5.74) is 0. The lowest BCUT2D eigenvalue weighted by atomic mass is 10.0. The van der Waals surface area contributed by atoms with Crippen molar-refractivity contribution in [1.82, 2.24) is 4.90 Å². The van der Waals surface area contributed by atoms with Crippen molar-refractivity contribution in [2.75, 3.05) is 20.2 Å². The smallest absolute Gasteiger partial charge is 0.224 e. The molecule has 0 heterocycles. The Morgan fingerprint density at radius 1 is 1.27 bits per heavy atom. The van der Waals surface area contributed by atoms with Gasteiger partial charge in [-0.2, -0.15) is 0 Å². The van der Waals surface area contributed by atoms with Crippen LogP contribution in [0, 0.1) is 11.8 Å². The number of carbonyl (C=O) groups excluding carboxylic acids is 2. The molecule has 1 N–H and O–H groups in total. The van der Waals surface area contributed by atoms with Gasteiger partial charge >= 0.3 is 0 Å². The molecule has 0 bridgehead atoms. The summed E-state index contributed by atoms with van der Waals surface area (Å²) in [4.78, 5) is 24.2. The molecule has 0 aliphatic rings. The van der Waals surface area contributed by atoms with Gasteiger partial charge in [-0.25, -0.2) is 0 Å². The molecule has 0 spiro atoms. The number of aliphatic hydroxyl groups excluding tert-OH is 1. The van der Waals surface area contributed by atoms with Crippen molar-refractivity contribution in [3.05, 3.63) is 0 Å². The van der Waals surface area contributed by atoms with Crippen LogP contribution in [0.3, 0.4) is 0 Å². The molecule has 0 aliphatic carbocycles. The van der Waals surface area contributed by atoms with E-state index >= 15 is 0 Å². The maximum atomic E-state index is 11.5. The molecule has 0 aromatic heterocycles. The van der Waals surface area contributed by atoms with Crippen LogP contribution in [0.2, 0.25) is 0 Å². The number of nitrogens with zero attached hydrogens (tertiary/aromatic N) is 1. The van der Waals surface area contributed by atoms with Crippen LogP contribution >= 0.6 is 0 Å². The summed E-state index contributed by atoms with van der Waals surface area (Å²) >= 11 is 0. The minimum atomic E-state index is -0.414. The lowest BCUT2D eigenvalue weighted by molar-refractivity contribution is -0.134. The molecule has 4 nitrogen and oxygen atoms in total. The van der Waals surface area contributed by atoms with Gasteiger partial charge in [-0.05, 0) is 6.42 Å². The summed E-state index contributed by atoms with van der Waals surface area (Å²) in [6.45, 7) is 5.61. The number of carbonyl (C=O) groups is 2. The zero-order valence-corrected chi connectivity index (χ0v) is 9.99. The summed E-state index contributed by atoms with van der Waals surface area (Å²) in [5.74, 6) is -0.282. The van der Waals surface area contributed by atoms with Crippen molar-refractivity contribution in [1.29, 1.82) is 0 Å². The minimum Gasteiger partial charge on any atom is -0.389 e. The fourth-order valence-electron chi connectivity index (χ4n) is 1.26. The Hall–Kier alpha value is -0.900. The Balaban J connectivity index is 3.95. The lowest BCUT2D eigenvalue weighted by Gasteiger charge is -2.20. The van der Waals surface area contributed by atoms with Crippen LogP contribution in [0.25, 0.3) is 0 Å². The summed E-state index contributed by atoms with van der Waals surface area (Å²) in [6.07, 6.45) is 0.606. The quantitative estimate of drug-likeness (QED) is 0.709. The van der Waals surface area contributed by atoms with E-state index in [4.69, 9.17) is 5.11 Å². The van der Waals surface area contributed by atoms with E-state index in [0.29, 0.717) is 13.0 Å². The monoisotopic (exact) mass is 215 g/mol. The fourth-order valence-corrected chi connectivity index (χ4v) is 1.26. The average molecular weight is 215 g/mol. The third-order valence-electron chi connectivity index (χ3n) is 2.47. The van der Waals surface area contributed by atoms with Crippen LogP contribution in [0.5, 0.6) is 0 Å². The molecule has 1 unspecified atom stereocenters. The van der Waals surface area contributed by atoms with E-state index in [2.05, 4.69) is 0 Å². The molecular formula is C11H21NO3. The second-order valence-corrected chi connectivity index (χ2v) is 4.23. The number of hydrogen-bond acceptors (Lipinski definition) is 3. The topological polar surface area (TPSA) is 57.6 Å². The van der Waals surface area contributed by atoms with Gasteiger partial charge in [0, 0.05) is 25.4 Å². The van der Waals surface area contributed by atoms with E-state index in [1.807, 2.05) is 13.8 Å². The highest BCUT2D eigenvalue weighted by atomic mass is 16.3. The number of rotatable bonds is 6. The molecule has 0 aromatic rings. The van der Waals surface area contributed by atoms with Crippen molar-refractivity contribution in [3.63, 3.8) is 0 Å². The van der Waals surface area contributed by atoms with Gasteiger partial charge in [-0.3, -0.25) is 9.59 Å². The third-order valence-corrected chi connectivity index (χ3v) is 2.47. The standard InChI is InChI=1S/C11H21NO3/c1-8(2)11(15)12(4)6-5-9(3)10(14)7-13/h8-9,13H,5-7H2,1-4H3. The van der Waals surface area contributed by atoms with Gasteiger partial charge in [0.25, 0.3) is 0 Å². The van der Waals surface area contributed by atoms with Gasteiger partial charge in [0.15, 0.2) is 5.78 Å². The molecule has 0 aliphatic heterocycles. The highest BCUT2D eigenvalue weighted by Gasteiger charge is 2.16. The molecule has 0 aromatic carbocycles. The number of amides is 1. The van der Waals surface area contributed by atoms with Crippen LogP contribution in [-0.4, -0.2) is 41.9 Å². The predicted molar refractivity (Wildman–Crippen MR) is 58.3 cm³/mol. The first-order valence-electron chi connectivity index (χ1n) is 5.28. The molecule has 1 amide bonds. The summed E-state index contributed by atoms with van der Waals surface area (Å²) in [6, 6.07) is 0. The van der Waals surface area contributed by atoms with E-state index < -0.39 is 6.61 Å². The predicted octanol–water partition coefficient (Wildman–Crippen LogP) is 0.688. The van der Waals surface area contributed by atoms with E-state index in [1.165, 1.54) is 0 Å². The normalized spacial score (nSPS) is 12.7. The fraction of sp³-hybridized carbons (Fsp3) is 0.818. The highest BCUT2D eigenvalue weighted by Crippen LogP contribution is 2.06. The van der Waals surface area contributed by atoms with Crippen LogP contribution in [0.1, 0.15) is 27.2 Å². The Morgan fingerprint density at radius 3 is 2.20 bits per heavy atom. The maximum Gasteiger partial charge on any atom is 0.224 e. The highest BCUT2D eigenvalue weighted by molar-refractivity contribution is 5.81. The Labute approximate surface area is 91.3 Å². The molecule has 4 heteroatoms. The number of Topliss-reactive ketones (excluding diaryl/α,β-unsaturated/α-hetero) is 1. The summed E-state index contributed by atoms with van der Waals surface area (Å²) in [5, 5.41) is 8.64. The van der Waals surface area contributed by atoms with Gasteiger partial charge < -0.3 is 10.0 Å². The SMILES string of the molecule is CC(C)C(=O)N(C)CCC(C)C(=O)CO. The Bertz CT molecular complexity index is 226. The van der Waals surface area contributed by atoms with Gasteiger partial charge in [0.05, 0.1) is 0 Å². The van der Waals surface area contributed by atoms with E-state index in [9.17, 15) is 9.59 Å². The molecule has 1 atom stereocenters. The van der Waals surface area contributed by atoms with Gasteiger partial charge in [0.1, 0.15) is 6.61 Å². The number of ketones is 1. The zero-order chi connectivity index (χ0) is 12.0. The largest absolute Gasteiger partial charge is 0.389 e. The number of aliphatic hydroxyl groups is 1. The van der Waals surface area contributed by atoms with E-state index in [1.54, 1.807) is 18.9 Å². The van der Waals surface area contributed by atoms with Crippen LogP contribution in [-0.2, 0) is 9.59 Å². The third kappa shape index (κ3) is 4.93. The molecule has 0 rings (SSSR count). The van der Waals surface area contributed by atoms with Gasteiger partial charge in [-0.1, -0.05) is 20.8 Å². The van der Waals surface area contributed by atoms with Crippen molar-refractivity contribution in [2.45, 2.75) is 27.2 Å². The Kier molecular flexibility index (Phi) is 6.17. The molecular weight excluding hydrogens is 194 g/mol. The molecule has 0 saturated carbocycles. The van der Waals surface area contributed by atoms with Crippen LogP contribution in [0.4, 0.5) is 0 Å². The van der Waals surface area contributed by atoms with Crippen molar-refractivity contribution >= 4 is 11.7 Å². The molecule has 15 heavy (non-hydrogen) atoms. The Morgan fingerprint density at radius 2 is 1.80 bits per heavy atom. The summed E-state index contributed by atoms with van der Waals surface area (Å²) < 4.78 is 0. The molecule has 0 fully saturated rings. The van der Waals surface area contributed by atoms with Crippen molar-refractivity contribution in [3.8, 4) is 0 Å². The lowest BCUT2D eigenvalue weighted by Crippen LogP contribution is -2.33. The van der Waals surface area contributed by atoms with Crippen molar-refractivity contribution in [2.24, 2.45) is 11.8 Å². The second kappa shape index (κ2) is 6.56. The van der Waals surface area contributed by atoms with Gasteiger partial charge in [0.2, 0.25) is 5.91 Å². The minimum absolute atomic E-state index is 0.0150. The van der Waals surface area contributed by atoms with Crippen LogP contribution < -0.4 is 0 Å². The molecule has 0 saturated heterocycles. The first kappa shape index (κ1) is 14.1. The summed E-state index contributed by atoms with van der Waals surface area (Å²) in [7, 11) is 1.73. The maximum absolute atomic E-state index is 11.5. The van der Waals surface area contributed by atoms with E-state index in [-0.39, 0.29) is 23.5 Å². The zero-order valence-electron chi connectivity index (χ0n) is 9.99. The van der Waals surface area contributed by atoms with Crippen molar-refractivity contribution < 1.29 is 14.7 Å². The molecule has 88 valence electrons. The first-order valence-corrected chi connectivity index (χ1v) is 5.28. The van der Waals surface area contributed by atoms with Gasteiger partial charge in [-0.15, -0.1) is 0 Å². The second-order valence-electron chi connectivity index (χ2n) is 4.23.